The van der Waals surface area contributed by atoms with Gasteiger partial charge < -0.3 is 23.7 Å². The van der Waals surface area contributed by atoms with Crippen molar-refractivity contribution in [3.8, 4) is 0 Å². The van der Waals surface area contributed by atoms with E-state index in [2.05, 4.69) is 70.3 Å². The predicted octanol–water partition coefficient (Wildman–Crippen LogP) is 7.06. The highest BCUT2D eigenvalue weighted by atomic mass is 32.2. The normalized spacial score (nSPS) is 24.0. The Kier molecular flexibility index (Phi) is 10.5. The number of rotatable bonds is 11. The average molecular weight is 567 g/mol. The summed E-state index contributed by atoms with van der Waals surface area (Å²) in [5.41, 5.74) is 1.76. The first kappa shape index (κ1) is 30.0. The lowest BCUT2D eigenvalue weighted by Crippen LogP contribution is -2.63. The van der Waals surface area contributed by atoms with Crippen molar-refractivity contribution in [2.75, 3.05) is 6.61 Å². The largest absolute Gasteiger partial charge is 0.408 e. The number of thioether (sulfide) groups is 1. The van der Waals surface area contributed by atoms with Crippen LogP contribution in [0.4, 0.5) is 0 Å². The summed E-state index contributed by atoms with van der Waals surface area (Å²) in [6, 6.07) is 30.5. The minimum atomic E-state index is -2.25. The topological polar surface area (TPSA) is 57.2 Å². The van der Waals surface area contributed by atoms with Gasteiger partial charge in [-0.05, 0) is 41.4 Å². The zero-order valence-corrected chi connectivity index (χ0v) is 25.5. The van der Waals surface area contributed by atoms with Gasteiger partial charge in [-0.25, -0.2) is 0 Å². The van der Waals surface area contributed by atoms with Crippen molar-refractivity contribution in [3.05, 3.63) is 102 Å². The summed E-state index contributed by atoms with van der Waals surface area (Å²) in [5, 5.41) is 10.5. The van der Waals surface area contributed by atoms with Crippen LogP contribution < -0.4 is 0 Å². The summed E-state index contributed by atoms with van der Waals surface area (Å²) < 4.78 is 26.9. The molecule has 1 fully saturated rings. The maximum atomic E-state index is 10.5. The van der Waals surface area contributed by atoms with Crippen LogP contribution in [-0.4, -0.2) is 49.9 Å². The lowest BCUT2D eigenvalue weighted by atomic mass is 9.99. The van der Waals surface area contributed by atoms with Crippen LogP contribution in [0.5, 0.6) is 0 Å². The molecule has 1 heterocycles. The zero-order valence-electron chi connectivity index (χ0n) is 23.7. The van der Waals surface area contributed by atoms with E-state index in [1.807, 2.05) is 54.6 Å². The van der Waals surface area contributed by atoms with Crippen molar-refractivity contribution in [2.24, 2.45) is 0 Å². The molecule has 0 radical (unpaired) electrons. The SMILES string of the molecule is CC(C)(C)[Si](C)(C)O[C@H]1[C@H](OCc2ccccc2)[C@@H](OCc2ccccc2)[C@H](Sc2ccccc2)O[C@@H]1CO. The first-order valence-electron chi connectivity index (χ1n) is 13.6. The third-order valence-electron chi connectivity index (χ3n) is 7.57. The van der Waals surface area contributed by atoms with Crippen molar-refractivity contribution in [2.45, 2.75) is 86.9 Å². The first-order valence-corrected chi connectivity index (χ1v) is 17.4. The van der Waals surface area contributed by atoms with E-state index < -0.39 is 38.2 Å². The van der Waals surface area contributed by atoms with Gasteiger partial charge in [0.05, 0.1) is 19.8 Å². The fourth-order valence-corrected chi connectivity index (χ4v) is 6.78. The maximum absolute atomic E-state index is 10.5. The van der Waals surface area contributed by atoms with Crippen LogP contribution in [0.3, 0.4) is 0 Å². The summed E-state index contributed by atoms with van der Waals surface area (Å²) in [5.74, 6) is 0. The molecule has 0 aliphatic carbocycles. The molecule has 1 aliphatic rings. The lowest BCUT2D eigenvalue weighted by molar-refractivity contribution is -0.233. The van der Waals surface area contributed by atoms with Crippen molar-refractivity contribution in [1.82, 2.24) is 0 Å². The second kappa shape index (κ2) is 13.6. The van der Waals surface area contributed by atoms with E-state index in [-0.39, 0.29) is 11.6 Å². The zero-order chi connectivity index (χ0) is 27.9. The Labute approximate surface area is 239 Å². The molecule has 5 atom stereocenters. The predicted molar refractivity (Wildman–Crippen MR) is 160 cm³/mol. The number of hydrogen-bond acceptors (Lipinski definition) is 6. The van der Waals surface area contributed by atoms with Crippen LogP contribution in [0.1, 0.15) is 31.9 Å². The van der Waals surface area contributed by atoms with Crippen LogP contribution in [-0.2, 0) is 31.9 Å². The lowest BCUT2D eigenvalue weighted by Gasteiger charge is -2.49. The van der Waals surface area contributed by atoms with E-state index in [1.165, 1.54) is 0 Å². The molecule has 210 valence electrons. The molecule has 3 aromatic carbocycles. The Morgan fingerprint density at radius 2 is 1.23 bits per heavy atom. The molecule has 3 aromatic rings. The molecule has 7 heteroatoms. The highest BCUT2D eigenvalue weighted by Gasteiger charge is 2.51. The van der Waals surface area contributed by atoms with E-state index in [9.17, 15) is 5.11 Å². The number of aliphatic hydroxyl groups is 1. The van der Waals surface area contributed by atoms with Crippen LogP contribution in [0.15, 0.2) is 95.9 Å². The van der Waals surface area contributed by atoms with Gasteiger partial charge in [-0.15, -0.1) is 0 Å². The number of benzene rings is 3. The monoisotopic (exact) mass is 566 g/mol. The molecule has 0 amide bonds. The van der Waals surface area contributed by atoms with Crippen molar-refractivity contribution < 1.29 is 23.7 Å². The van der Waals surface area contributed by atoms with Gasteiger partial charge in [0.1, 0.15) is 29.9 Å². The highest BCUT2D eigenvalue weighted by Crippen LogP contribution is 2.42. The fraction of sp³-hybridized carbons (Fsp3) is 0.438. The van der Waals surface area contributed by atoms with Gasteiger partial charge in [-0.2, -0.15) is 0 Å². The molecule has 1 aliphatic heterocycles. The molecular weight excluding hydrogens is 525 g/mol. The van der Waals surface area contributed by atoms with Crippen molar-refractivity contribution in [1.29, 1.82) is 0 Å². The molecular formula is C32H42O5SSi. The molecule has 0 aromatic heterocycles. The Morgan fingerprint density at radius 1 is 0.744 bits per heavy atom. The fourth-order valence-electron chi connectivity index (χ4n) is 4.31. The van der Waals surface area contributed by atoms with Crippen LogP contribution in [0.25, 0.3) is 0 Å². The average Bonchev–Trinajstić information content (AvgIpc) is 2.93. The molecule has 1 N–H and O–H groups in total. The molecule has 5 nitrogen and oxygen atoms in total. The van der Waals surface area contributed by atoms with Crippen LogP contribution in [0.2, 0.25) is 18.1 Å². The Hall–Kier alpha value is -1.97. The molecule has 0 bridgehead atoms. The van der Waals surface area contributed by atoms with Gasteiger partial charge in [0.15, 0.2) is 8.32 Å². The second-order valence-electron chi connectivity index (χ2n) is 11.5. The summed E-state index contributed by atoms with van der Waals surface area (Å²) in [6.45, 7) is 11.8. The quantitative estimate of drug-likeness (QED) is 0.251. The van der Waals surface area contributed by atoms with Gasteiger partial charge in [-0.1, -0.05) is 111 Å². The Balaban J connectivity index is 1.69. The molecule has 0 saturated carbocycles. The summed E-state index contributed by atoms with van der Waals surface area (Å²) in [4.78, 5) is 1.07. The maximum Gasteiger partial charge on any atom is 0.192 e. The summed E-state index contributed by atoms with van der Waals surface area (Å²) in [6.07, 6.45) is -1.91. The van der Waals surface area contributed by atoms with Gasteiger partial charge in [0, 0.05) is 4.90 Å². The minimum Gasteiger partial charge on any atom is -0.408 e. The molecule has 39 heavy (non-hydrogen) atoms. The van der Waals surface area contributed by atoms with Crippen LogP contribution in [0, 0.1) is 0 Å². The number of aliphatic hydroxyl groups excluding tert-OH is 1. The first-order chi connectivity index (χ1) is 18.7. The molecule has 1 saturated heterocycles. The van der Waals surface area contributed by atoms with Gasteiger partial charge in [0.25, 0.3) is 0 Å². The van der Waals surface area contributed by atoms with Crippen molar-refractivity contribution >= 4 is 20.1 Å². The standard InChI is InChI=1S/C32H42O5SSi/c1-32(2,3)39(4,5)37-28-27(21-33)36-31(38-26-19-13-8-14-20-26)30(35-23-25-17-11-7-12-18-25)29(28)34-22-24-15-9-6-10-16-24/h6-20,27-31,33H,21-23H2,1-5H3/t27-,28-,29+,30-,31+/m1/s1. The van der Waals surface area contributed by atoms with Crippen LogP contribution >= 0.6 is 11.8 Å². The smallest absolute Gasteiger partial charge is 0.192 e. The summed E-state index contributed by atoms with van der Waals surface area (Å²) >= 11 is 1.60. The summed E-state index contributed by atoms with van der Waals surface area (Å²) in [7, 11) is -2.25. The highest BCUT2D eigenvalue weighted by molar-refractivity contribution is 7.99. The van der Waals surface area contributed by atoms with E-state index in [4.69, 9.17) is 18.6 Å². The molecule has 4 rings (SSSR count). The third-order valence-corrected chi connectivity index (χ3v) is 13.2. The minimum absolute atomic E-state index is 0.0208. The van der Waals surface area contributed by atoms with E-state index in [0.29, 0.717) is 13.2 Å². The van der Waals surface area contributed by atoms with Gasteiger partial charge in [-0.3, -0.25) is 0 Å². The molecule has 0 unspecified atom stereocenters. The number of ether oxygens (including phenoxy) is 3. The Morgan fingerprint density at radius 3 is 1.72 bits per heavy atom. The van der Waals surface area contributed by atoms with E-state index >= 15 is 0 Å². The van der Waals surface area contributed by atoms with Gasteiger partial charge in [0.2, 0.25) is 0 Å². The second-order valence-corrected chi connectivity index (χ2v) is 17.4. The van der Waals surface area contributed by atoms with Crippen molar-refractivity contribution in [3.63, 3.8) is 0 Å². The molecule has 0 spiro atoms. The Bertz CT molecular complexity index is 1120. The number of hydrogen-bond donors (Lipinski definition) is 1. The third kappa shape index (κ3) is 8.04. The van der Waals surface area contributed by atoms with E-state index in [0.717, 1.165) is 16.0 Å². The van der Waals surface area contributed by atoms with Gasteiger partial charge >= 0.3 is 0 Å². The van der Waals surface area contributed by atoms with E-state index in [1.54, 1.807) is 11.8 Å².